The highest BCUT2D eigenvalue weighted by atomic mass is 32.1. The van der Waals surface area contributed by atoms with E-state index in [0.29, 0.717) is 6.04 Å². The minimum atomic E-state index is 0.441. The van der Waals surface area contributed by atoms with Gasteiger partial charge in [0.1, 0.15) is 5.82 Å². The molecule has 0 radical (unpaired) electrons. The van der Waals surface area contributed by atoms with E-state index in [4.69, 9.17) is 0 Å². The normalized spacial score (nSPS) is 12.9. The third-order valence-electron chi connectivity index (χ3n) is 2.72. The van der Waals surface area contributed by atoms with Crippen LogP contribution in [0.5, 0.6) is 0 Å². The molecule has 2 heterocycles. The van der Waals surface area contributed by atoms with E-state index >= 15 is 0 Å². The summed E-state index contributed by atoms with van der Waals surface area (Å²) < 4.78 is 2.05. The number of nitrogens with one attached hydrogen (secondary N) is 1. The van der Waals surface area contributed by atoms with E-state index in [9.17, 15) is 0 Å². The highest BCUT2D eigenvalue weighted by Gasteiger charge is 2.10. The van der Waals surface area contributed by atoms with Crippen LogP contribution in [0.15, 0.2) is 29.9 Å². The van der Waals surface area contributed by atoms with Gasteiger partial charge in [-0.15, -0.1) is 11.3 Å². The molecule has 0 aromatic carbocycles. The standard InChI is InChI=1S/C12H17N3S/c1-3-10(11-5-4-8-16-11)14-9-12-13-6-7-15(12)2/h4-8,10,14H,3,9H2,1-2H3. The molecule has 2 aromatic heterocycles. The second kappa shape index (κ2) is 5.27. The second-order valence-electron chi connectivity index (χ2n) is 3.81. The Morgan fingerprint density at radius 2 is 2.44 bits per heavy atom. The molecule has 0 fully saturated rings. The van der Waals surface area contributed by atoms with Gasteiger partial charge in [0.25, 0.3) is 0 Å². The van der Waals surface area contributed by atoms with Crippen LogP contribution in [0.25, 0.3) is 0 Å². The van der Waals surface area contributed by atoms with Crippen LogP contribution in [-0.2, 0) is 13.6 Å². The minimum Gasteiger partial charge on any atom is -0.337 e. The Balaban J connectivity index is 1.96. The van der Waals surface area contributed by atoms with E-state index in [0.717, 1.165) is 18.8 Å². The predicted octanol–water partition coefficient (Wildman–Crippen LogP) is 2.72. The van der Waals surface area contributed by atoms with Crippen LogP contribution in [-0.4, -0.2) is 9.55 Å². The van der Waals surface area contributed by atoms with Crippen LogP contribution in [0.2, 0.25) is 0 Å². The highest BCUT2D eigenvalue weighted by molar-refractivity contribution is 7.10. The van der Waals surface area contributed by atoms with Gasteiger partial charge in [-0.3, -0.25) is 0 Å². The lowest BCUT2D eigenvalue weighted by Crippen LogP contribution is -2.21. The molecule has 0 spiro atoms. The van der Waals surface area contributed by atoms with Crippen molar-refractivity contribution in [2.24, 2.45) is 7.05 Å². The van der Waals surface area contributed by atoms with Gasteiger partial charge in [-0.25, -0.2) is 4.98 Å². The zero-order valence-corrected chi connectivity index (χ0v) is 10.5. The monoisotopic (exact) mass is 235 g/mol. The molecule has 3 nitrogen and oxygen atoms in total. The van der Waals surface area contributed by atoms with Crippen LogP contribution in [0.3, 0.4) is 0 Å². The number of imidazole rings is 1. The number of rotatable bonds is 5. The molecule has 0 aliphatic heterocycles. The fourth-order valence-electron chi connectivity index (χ4n) is 1.72. The Morgan fingerprint density at radius 1 is 1.56 bits per heavy atom. The van der Waals surface area contributed by atoms with Gasteiger partial charge >= 0.3 is 0 Å². The topological polar surface area (TPSA) is 29.9 Å². The molecule has 16 heavy (non-hydrogen) atoms. The molecule has 2 rings (SSSR count). The van der Waals surface area contributed by atoms with E-state index < -0.39 is 0 Å². The Morgan fingerprint density at radius 3 is 3.00 bits per heavy atom. The molecule has 2 aromatic rings. The van der Waals surface area contributed by atoms with Gasteiger partial charge in [-0.1, -0.05) is 13.0 Å². The van der Waals surface area contributed by atoms with Crippen molar-refractivity contribution in [2.45, 2.75) is 25.9 Å². The Bertz CT molecular complexity index is 419. The van der Waals surface area contributed by atoms with Crippen molar-refractivity contribution in [3.63, 3.8) is 0 Å². The van der Waals surface area contributed by atoms with Crippen molar-refractivity contribution in [2.75, 3.05) is 0 Å². The number of hydrogen-bond donors (Lipinski definition) is 1. The van der Waals surface area contributed by atoms with Crippen molar-refractivity contribution in [3.05, 3.63) is 40.6 Å². The fraction of sp³-hybridized carbons (Fsp3) is 0.417. The molecule has 0 amide bonds. The minimum absolute atomic E-state index is 0.441. The molecule has 0 bridgehead atoms. The van der Waals surface area contributed by atoms with Crippen molar-refractivity contribution < 1.29 is 0 Å². The molecule has 0 aliphatic carbocycles. The van der Waals surface area contributed by atoms with Gasteiger partial charge in [-0.05, 0) is 17.9 Å². The molecular formula is C12H17N3S. The second-order valence-corrected chi connectivity index (χ2v) is 4.79. The van der Waals surface area contributed by atoms with E-state index in [2.05, 4.69) is 34.7 Å². The number of aryl methyl sites for hydroxylation is 1. The van der Waals surface area contributed by atoms with Crippen LogP contribution >= 0.6 is 11.3 Å². The molecule has 1 atom stereocenters. The summed E-state index contributed by atoms with van der Waals surface area (Å²) in [6.45, 7) is 3.02. The van der Waals surface area contributed by atoms with Crippen LogP contribution in [0.1, 0.15) is 30.1 Å². The first kappa shape index (κ1) is 11.4. The van der Waals surface area contributed by atoms with Crippen molar-refractivity contribution in [1.82, 2.24) is 14.9 Å². The lowest BCUT2D eigenvalue weighted by atomic mass is 10.2. The van der Waals surface area contributed by atoms with Crippen molar-refractivity contribution >= 4 is 11.3 Å². The molecule has 0 saturated heterocycles. The SMILES string of the molecule is CCC(NCc1nccn1C)c1cccs1. The molecule has 0 saturated carbocycles. The van der Waals surface area contributed by atoms with Gasteiger partial charge in [0.2, 0.25) is 0 Å². The molecule has 4 heteroatoms. The summed E-state index contributed by atoms with van der Waals surface area (Å²) in [5, 5.41) is 5.67. The predicted molar refractivity (Wildman–Crippen MR) is 67.4 cm³/mol. The van der Waals surface area contributed by atoms with Crippen molar-refractivity contribution in [1.29, 1.82) is 0 Å². The maximum atomic E-state index is 4.31. The largest absolute Gasteiger partial charge is 0.337 e. The first-order chi connectivity index (χ1) is 7.81. The average molecular weight is 235 g/mol. The molecule has 1 unspecified atom stereocenters. The summed E-state index contributed by atoms with van der Waals surface area (Å²) in [5.74, 6) is 1.08. The third-order valence-corrected chi connectivity index (χ3v) is 3.71. The van der Waals surface area contributed by atoms with Gasteiger partial charge in [0, 0.05) is 30.4 Å². The lowest BCUT2D eigenvalue weighted by Gasteiger charge is -2.15. The smallest absolute Gasteiger partial charge is 0.122 e. The van der Waals surface area contributed by atoms with Gasteiger partial charge < -0.3 is 9.88 Å². The maximum absolute atomic E-state index is 4.31. The zero-order chi connectivity index (χ0) is 11.4. The van der Waals surface area contributed by atoms with Crippen molar-refractivity contribution in [3.8, 4) is 0 Å². The molecule has 86 valence electrons. The number of thiophene rings is 1. The zero-order valence-electron chi connectivity index (χ0n) is 9.68. The summed E-state index contributed by atoms with van der Waals surface area (Å²) in [7, 11) is 2.02. The molecular weight excluding hydrogens is 218 g/mol. The summed E-state index contributed by atoms with van der Waals surface area (Å²) in [4.78, 5) is 5.71. The third kappa shape index (κ3) is 2.51. The van der Waals surface area contributed by atoms with Crippen LogP contribution in [0, 0.1) is 0 Å². The fourth-order valence-corrected chi connectivity index (χ4v) is 2.60. The van der Waals surface area contributed by atoms with E-state index in [-0.39, 0.29) is 0 Å². The maximum Gasteiger partial charge on any atom is 0.122 e. The van der Waals surface area contributed by atoms with Crippen LogP contribution < -0.4 is 5.32 Å². The number of hydrogen-bond acceptors (Lipinski definition) is 3. The summed E-state index contributed by atoms with van der Waals surface area (Å²) in [6, 6.07) is 4.73. The van der Waals surface area contributed by atoms with Gasteiger partial charge in [0.15, 0.2) is 0 Å². The Labute approximate surface area is 100 Å². The van der Waals surface area contributed by atoms with Gasteiger partial charge in [0.05, 0.1) is 6.54 Å². The number of nitrogens with zero attached hydrogens (tertiary/aromatic N) is 2. The van der Waals surface area contributed by atoms with E-state index in [1.54, 1.807) is 0 Å². The molecule has 1 N–H and O–H groups in total. The Kier molecular flexibility index (Phi) is 3.74. The van der Waals surface area contributed by atoms with E-state index in [1.165, 1.54) is 4.88 Å². The Hall–Kier alpha value is -1.13. The summed E-state index contributed by atoms with van der Waals surface area (Å²) in [6.07, 6.45) is 4.91. The quantitative estimate of drug-likeness (QED) is 0.863. The first-order valence-corrected chi connectivity index (χ1v) is 6.42. The summed E-state index contributed by atoms with van der Waals surface area (Å²) >= 11 is 1.81. The van der Waals surface area contributed by atoms with E-state index in [1.807, 2.05) is 35.3 Å². The number of aromatic nitrogens is 2. The first-order valence-electron chi connectivity index (χ1n) is 5.54. The highest BCUT2D eigenvalue weighted by Crippen LogP contribution is 2.21. The lowest BCUT2D eigenvalue weighted by molar-refractivity contribution is 0.509. The van der Waals surface area contributed by atoms with Crippen LogP contribution in [0.4, 0.5) is 0 Å². The molecule has 0 aliphatic rings. The summed E-state index contributed by atoms with van der Waals surface area (Å²) in [5.41, 5.74) is 0. The average Bonchev–Trinajstić information content (AvgIpc) is 2.92. The van der Waals surface area contributed by atoms with Gasteiger partial charge in [-0.2, -0.15) is 0 Å².